The molecule has 0 spiro atoms. The van der Waals surface area contributed by atoms with Gasteiger partial charge in [-0.1, -0.05) is 114 Å². The highest BCUT2D eigenvalue weighted by Gasteiger charge is 2.27. The number of carbonyl (C=O) groups excluding carboxylic acids is 2. The maximum Gasteiger partial charge on any atom is 0.472 e. The summed E-state index contributed by atoms with van der Waals surface area (Å²) in [6, 6.07) is 0. The number of quaternary nitrogens is 1. The molecule has 0 bridgehead atoms. The quantitative estimate of drug-likeness (QED) is 0.0166. The van der Waals surface area contributed by atoms with Crippen molar-refractivity contribution in [2.75, 3.05) is 47.5 Å². The highest BCUT2D eigenvalue weighted by molar-refractivity contribution is 7.47. The molecule has 0 saturated heterocycles. The second-order valence-corrected chi connectivity index (χ2v) is 18.3. The van der Waals surface area contributed by atoms with E-state index in [4.69, 9.17) is 22.9 Å². The number of aryl methyl sites for hydroxylation is 2. The van der Waals surface area contributed by atoms with Gasteiger partial charge in [0.15, 0.2) is 6.10 Å². The first kappa shape index (κ1) is 55.2. The number of aliphatic hydroxyl groups is 1. The first-order valence-electron chi connectivity index (χ1n) is 22.8. The lowest BCUT2D eigenvalue weighted by Crippen LogP contribution is -2.37. The predicted octanol–water partition coefficient (Wildman–Crippen LogP) is 11.3. The van der Waals surface area contributed by atoms with Crippen molar-refractivity contribution in [2.45, 2.75) is 175 Å². The average molecular weight is 865 g/mol. The molecule has 1 aromatic heterocycles. The molecule has 2 N–H and O–H groups in total. The molecule has 0 radical (unpaired) electrons. The normalized spacial score (nSPS) is 14.5. The number of carbonyl (C=O) groups is 2. The second-order valence-electron chi connectivity index (χ2n) is 16.9. The van der Waals surface area contributed by atoms with Crippen LogP contribution in [0.5, 0.6) is 0 Å². The molecule has 0 amide bonds. The maximum atomic E-state index is 12.8. The Morgan fingerprint density at radius 3 is 2.03 bits per heavy atom. The number of esters is 2. The van der Waals surface area contributed by atoms with Crippen LogP contribution in [-0.2, 0) is 45.5 Å². The third kappa shape index (κ3) is 30.3. The van der Waals surface area contributed by atoms with Gasteiger partial charge in [-0.2, -0.15) is 0 Å². The van der Waals surface area contributed by atoms with Crippen molar-refractivity contribution >= 4 is 19.8 Å². The first-order valence-corrected chi connectivity index (χ1v) is 24.3. The highest BCUT2D eigenvalue weighted by atomic mass is 31.2. The zero-order valence-corrected chi connectivity index (χ0v) is 39.4. The Labute approximate surface area is 363 Å². The Balaban J connectivity index is 2.41. The monoisotopic (exact) mass is 865 g/mol. The van der Waals surface area contributed by atoms with Gasteiger partial charge in [-0.3, -0.25) is 18.6 Å². The van der Waals surface area contributed by atoms with E-state index in [2.05, 4.69) is 45.9 Å². The van der Waals surface area contributed by atoms with E-state index in [1.54, 1.807) is 12.2 Å². The summed E-state index contributed by atoms with van der Waals surface area (Å²) in [6.45, 7) is 8.43. The zero-order chi connectivity index (χ0) is 44.5. The molecule has 0 aliphatic rings. The third-order valence-electron chi connectivity index (χ3n) is 10.1. The molecule has 60 heavy (non-hydrogen) atoms. The van der Waals surface area contributed by atoms with Gasteiger partial charge in [0, 0.05) is 25.7 Å². The van der Waals surface area contributed by atoms with E-state index in [-0.39, 0.29) is 26.1 Å². The third-order valence-corrected chi connectivity index (χ3v) is 11.1. The van der Waals surface area contributed by atoms with Crippen molar-refractivity contribution < 1.29 is 51.6 Å². The van der Waals surface area contributed by atoms with Crippen LogP contribution in [0.4, 0.5) is 0 Å². The summed E-state index contributed by atoms with van der Waals surface area (Å²) in [4.78, 5) is 35.5. The van der Waals surface area contributed by atoms with Gasteiger partial charge in [0.25, 0.3) is 0 Å². The van der Waals surface area contributed by atoms with Crippen molar-refractivity contribution in [1.82, 2.24) is 0 Å². The minimum atomic E-state index is -4.42. The smallest absolute Gasteiger partial charge is 0.466 e. The molecule has 0 saturated carbocycles. The van der Waals surface area contributed by atoms with Crippen LogP contribution in [0.1, 0.15) is 158 Å². The fraction of sp³-hybridized carbons (Fsp3) is 0.708. The number of aliphatic hydroxyl groups excluding tert-OH is 1. The number of nitrogens with zero attached hydrogens (tertiary/aromatic N) is 1. The summed E-state index contributed by atoms with van der Waals surface area (Å²) in [5.74, 6) is 1.32. The van der Waals surface area contributed by atoms with Crippen LogP contribution in [0.25, 0.3) is 0 Å². The SMILES string of the molecule is CCCCC/C=C\C/C=C\CC(O)/C=C\C=C\CCCC(=O)OC[C@H](COP(=O)(O)OCC[N+](C)(C)C)OC(=O)CCCCCCCCCCc1oc(CCC)c(C)c1C. The number of ether oxygens (including phenoxy) is 2. The van der Waals surface area contributed by atoms with Gasteiger partial charge in [-0.25, -0.2) is 4.57 Å². The molecule has 3 atom stereocenters. The van der Waals surface area contributed by atoms with Gasteiger partial charge in [-0.05, 0) is 82.8 Å². The van der Waals surface area contributed by atoms with Crippen LogP contribution < -0.4 is 0 Å². The Kier molecular flexibility index (Phi) is 31.1. The number of furan rings is 1. The van der Waals surface area contributed by atoms with Crippen LogP contribution in [0.15, 0.2) is 53.0 Å². The summed E-state index contributed by atoms with van der Waals surface area (Å²) in [5, 5.41) is 10.2. The molecular formula is C48H83NO10P+. The second kappa shape index (κ2) is 33.8. The summed E-state index contributed by atoms with van der Waals surface area (Å²) in [5.41, 5.74) is 2.61. The summed E-state index contributed by atoms with van der Waals surface area (Å²) in [6.07, 6.45) is 33.2. The number of rotatable bonds is 37. The summed E-state index contributed by atoms with van der Waals surface area (Å²) >= 11 is 0. The number of likely N-dealkylation sites (N-methyl/N-ethyl adjacent to an activating group) is 1. The standard InChI is InChI=1S/C48H82NO10P/c1-8-10-11-12-13-14-17-21-26-32-43(50)33-27-22-20-25-29-35-47(51)55-39-44(40-57-60(53,54)56-38-37-49(5,6)7)58-48(52)36-30-24-19-16-15-18-23-28-34-46-42(4)41(3)45(59-46)31-9-2/h13-14,20-22,26-27,33,43-44,50H,8-12,15-19,23-25,28-32,34-40H2,1-7H3/p+1/b14-13-,22-20+,26-21-,33-27-/t43?,44-/m1/s1. The van der Waals surface area contributed by atoms with Crippen LogP contribution >= 0.6 is 7.82 Å². The largest absolute Gasteiger partial charge is 0.472 e. The average Bonchev–Trinajstić information content (AvgIpc) is 3.45. The highest BCUT2D eigenvalue weighted by Crippen LogP contribution is 2.43. The molecule has 0 fully saturated rings. The van der Waals surface area contributed by atoms with Gasteiger partial charge < -0.3 is 28.4 Å². The van der Waals surface area contributed by atoms with Crippen LogP contribution in [-0.4, -0.2) is 86.1 Å². The molecule has 0 aliphatic heterocycles. The zero-order valence-electron chi connectivity index (χ0n) is 38.5. The molecule has 1 rings (SSSR count). The van der Waals surface area contributed by atoms with E-state index >= 15 is 0 Å². The Bertz CT molecular complexity index is 1460. The number of phosphoric acid groups is 1. The fourth-order valence-electron chi connectivity index (χ4n) is 6.25. The van der Waals surface area contributed by atoms with Gasteiger partial charge in [0.05, 0.1) is 33.9 Å². The van der Waals surface area contributed by atoms with E-state index in [0.29, 0.717) is 36.7 Å². The van der Waals surface area contributed by atoms with E-state index < -0.39 is 38.6 Å². The Morgan fingerprint density at radius 1 is 0.717 bits per heavy atom. The summed E-state index contributed by atoms with van der Waals surface area (Å²) in [7, 11) is 1.37. The summed E-state index contributed by atoms with van der Waals surface area (Å²) < 4.78 is 40.4. The molecule has 344 valence electrons. The van der Waals surface area contributed by atoms with Gasteiger partial charge >= 0.3 is 19.8 Å². The van der Waals surface area contributed by atoms with E-state index in [0.717, 1.165) is 75.7 Å². The van der Waals surface area contributed by atoms with E-state index in [1.807, 2.05) is 39.4 Å². The molecule has 0 aromatic carbocycles. The van der Waals surface area contributed by atoms with Crippen molar-refractivity contribution in [2.24, 2.45) is 0 Å². The predicted molar refractivity (Wildman–Crippen MR) is 243 cm³/mol. The first-order chi connectivity index (χ1) is 28.7. The van der Waals surface area contributed by atoms with E-state index in [9.17, 15) is 24.2 Å². The number of phosphoric ester groups is 1. The number of allylic oxidation sites excluding steroid dienone is 6. The molecule has 1 heterocycles. The van der Waals surface area contributed by atoms with Gasteiger partial charge in [0.2, 0.25) is 0 Å². The number of hydrogen-bond donors (Lipinski definition) is 2. The van der Waals surface area contributed by atoms with Crippen molar-refractivity contribution in [1.29, 1.82) is 0 Å². The van der Waals surface area contributed by atoms with Crippen LogP contribution in [0, 0.1) is 13.8 Å². The number of hydrogen-bond acceptors (Lipinski definition) is 9. The lowest BCUT2D eigenvalue weighted by atomic mass is 10.0. The molecule has 0 aliphatic carbocycles. The topological polar surface area (TPSA) is 142 Å². The maximum absolute atomic E-state index is 12.8. The molecule has 1 aromatic rings. The molecule has 2 unspecified atom stereocenters. The minimum Gasteiger partial charge on any atom is -0.466 e. The lowest BCUT2D eigenvalue weighted by Gasteiger charge is -2.24. The Morgan fingerprint density at radius 2 is 1.35 bits per heavy atom. The van der Waals surface area contributed by atoms with Crippen LogP contribution in [0.2, 0.25) is 0 Å². The minimum absolute atomic E-state index is 0.000494. The van der Waals surface area contributed by atoms with Gasteiger partial charge in [-0.15, -0.1) is 0 Å². The van der Waals surface area contributed by atoms with Crippen molar-refractivity contribution in [3.05, 3.63) is 71.3 Å². The molecule has 11 nitrogen and oxygen atoms in total. The van der Waals surface area contributed by atoms with Gasteiger partial charge in [0.1, 0.15) is 31.3 Å². The Hall–Kier alpha value is -2.79. The molecular weight excluding hydrogens is 781 g/mol. The van der Waals surface area contributed by atoms with Crippen LogP contribution in [0.3, 0.4) is 0 Å². The van der Waals surface area contributed by atoms with Crippen molar-refractivity contribution in [3.63, 3.8) is 0 Å². The molecule has 12 heteroatoms. The van der Waals surface area contributed by atoms with E-state index in [1.165, 1.54) is 43.2 Å². The van der Waals surface area contributed by atoms with Crippen molar-refractivity contribution in [3.8, 4) is 0 Å². The number of unbranched alkanes of at least 4 members (excludes halogenated alkanes) is 11. The lowest BCUT2D eigenvalue weighted by molar-refractivity contribution is -0.870. The fourth-order valence-corrected chi connectivity index (χ4v) is 6.99.